The van der Waals surface area contributed by atoms with E-state index in [1.165, 1.54) is 6.42 Å². The van der Waals surface area contributed by atoms with Gasteiger partial charge in [-0.25, -0.2) is 4.79 Å². The summed E-state index contributed by atoms with van der Waals surface area (Å²) in [5.41, 5.74) is 1.09. The Balaban J connectivity index is 0.00000288. The van der Waals surface area contributed by atoms with E-state index in [4.69, 9.17) is 4.74 Å². The molecule has 1 aliphatic rings. The summed E-state index contributed by atoms with van der Waals surface area (Å²) >= 11 is 0. The number of esters is 1. The molecule has 1 amide bonds. The Morgan fingerprint density at radius 1 is 1.21 bits per heavy atom. The average molecular weight is 355 g/mol. The van der Waals surface area contributed by atoms with Crippen LogP contribution in [0.1, 0.15) is 43.5 Å². The lowest BCUT2D eigenvalue weighted by Crippen LogP contribution is -2.36. The third-order valence-corrected chi connectivity index (χ3v) is 3.75. The molecule has 1 N–H and O–H groups in total. The maximum absolute atomic E-state index is 12.1. The molecule has 0 atom stereocenters. The molecule has 1 saturated heterocycles. The van der Waals surface area contributed by atoms with E-state index in [0.29, 0.717) is 30.3 Å². The number of rotatable bonds is 6. The standard InChI is InChI=1S/C18H26N2O3.ClH/c1-14(2)13-23-18(22)15-7-6-8-16(11-15)19-17(21)12-20-9-4-3-5-10-20;/h6-8,11,14H,3-5,9-10,12-13H2,1-2H3,(H,19,21);1H. The third kappa shape index (κ3) is 6.89. The first-order valence-corrected chi connectivity index (χ1v) is 8.34. The zero-order chi connectivity index (χ0) is 16.7. The number of likely N-dealkylation sites (tertiary alicyclic amines) is 1. The van der Waals surface area contributed by atoms with Crippen molar-refractivity contribution in [1.29, 1.82) is 0 Å². The molecule has 1 aliphatic heterocycles. The molecule has 134 valence electrons. The van der Waals surface area contributed by atoms with Gasteiger partial charge in [0.1, 0.15) is 0 Å². The second kappa shape index (κ2) is 10.3. The highest BCUT2D eigenvalue weighted by atomic mass is 35.5. The van der Waals surface area contributed by atoms with E-state index in [2.05, 4.69) is 10.2 Å². The average Bonchev–Trinajstić information content (AvgIpc) is 2.53. The van der Waals surface area contributed by atoms with Gasteiger partial charge in [0.25, 0.3) is 0 Å². The Hall–Kier alpha value is -1.59. The summed E-state index contributed by atoms with van der Waals surface area (Å²) in [5.74, 6) is -0.100. The van der Waals surface area contributed by atoms with Gasteiger partial charge in [0, 0.05) is 5.69 Å². The highest BCUT2D eigenvalue weighted by Gasteiger charge is 2.14. The number of piperidine rings is 1. The maximum Gasteiger partial charge on any atom is 0.338 e. The molecule has 0 spiro atoms. The number of ether oxygens (including phenoxy) is 1. The van der Waals surface area contributed by atoms with Crippen LogP contribution in [0.5, 0.6) is 0 Å². The Morgan fingerprint density at radius 3 is 2.58 bits per heavy atom. The number of carbonyl (C=O) groups excluding carboxylic acids is 2. The van der Waals surface area contributed by atoms with Crippen LogP contribution in [0.2, 0.25) is 0 Å². The van der Waals surface area contributed by atoms with E-state index >= 15 is 0 Å². The number of benzene rings is 1. The fourth-order valence-electron chi connectivity index (χ4n) is 2.57. The van der Waals surface area contributed by atoms with Gasteiger partial charge in [0.05, 0.1) is 18.7 Å². The molecule has 24 heavy (non-hydrogen) atoms. The van der Waals surface area contributed by atoms with Crippen molar-refractivity contribution in [3.63, 3.8) is 0 Å². The van der Waals surface area contributed by atoms with Crippen LogP contribution in [0.4, 0.5) is 5.69 Å². The highest BCUT2D eigenvalue weighted by Crippen LogP contribution is 2.13. The van der Waals surface area contributed by atoms with Gasteiger partial charge in [0.15, 0.2) is 0 Å². The fraction of sp³-hybridized carbons (Fsp3) is 0.556. The predicted octanol–water partition coefficient (Wildman–Crippen LogP) is 3.35. The van der Waals surface area contributed by atoms with Gasteiger partial charge in [0.2, 0.25) is 5.91 Å². The monoisotopic (exact) mass is 354 g/mol. The van der Waals surface area contributed by atoms with Gasteiger partial charge in [-0.1, -0.05) is 26.3 Å². The first-order chi connectivity index (χ1) is 11.0. The van der Waals surface area contributed by atoms with E-state index < -0.39 is 0 Å². The molecule has 1 aromatic rings. The van der Waals surface area contributed by atoms with Gasteiger partial charge in [-0.2, -0.15) is 0 Å². The number of hydrogen-bond acceptors (Lipinski definition) is 4. The van der Waals surface area contributed by atoms with Crippen LogP contribution < -0.4 is 5.32 Å². The molecule has 5 nitrogen and oxygen atoms in total. The van der Waals surface area contributed by atoms with Crippen molar-refractivity contribution in [2.24, 2.45) is 5.92 Å². The van der Waals surface area contributed by atoms with Crippen LogP contribution in [0, 0.1) is 5.92 Å². The van der Waals surface area contributed by atoms with Crippen molar-refractivity contribution in [3.05, 3.63) is 29.8 Å². The minimum Gasteiger partial charge on any atom is -0.462 e. The van der Waals surface area contributed by atoms with Crippen LogP contribution in [0.3, 0.4) is 0 Å². The second-order valence-corrected chi connectivity index (χ2v) is 6.46. The quantitative estimate of drug-likeness (QED) is 0.796. The van der Waals surface area contributed by atoms with Crippen LogP contribution in [0.25, 0.3) is 0 Å². The molecule has 1 fully saturated rings. The topological polar surface area (TPSA) is 58.6 Å². The summed E-state index contributed by atoms with van der Waals surface area (Å²) in [7, 11) is 0. The van der Waals surface area contributed by atoms with Crippen LogP contribution >= 0.6 is 12.4 Å². The predicted molar refractivity (Wildman–Crippen MR) is 97.7 cm³/mol. The molecular formula is C18H27ClN2O3. The largest absolute Gasteiger partial charge is 0.462 e. The van der Waals surface area contributed by atoms with E-state index in [-0.39, 0.29) is 24.3 Å². The van der Waals surface area contributed by atoms with Gasteiger partial charge in [-0.15, -0.1) is 12.4 Å². The summed E-state index contributed by atoms with van der Waals surface area (Å²) in [6.07, 6.45) is 3.56. The van der Waals surface area contributed by atoms with Crippen LogP contribution in [-0.4, -0.2) is 43.0 Å². The second-order valence-electron chi connectivity index (χ2n) is 6.46. The number of anilines is 1. The molecule has 2 rings (SSSR count). The van der Waals surface area contributed by atoms with Crippen molar-refractivity contribution in [3.8, 4) is 0 Å². The normalized spacial score (nSPS) is 14.8. The molecule has 0 aromatic heterocycles. The molecule has 0 radical (unpaired) electrons. The number of nitrogens with one attached hydrogen (secondary N) is 1. The zero-order valence-electron chi connectivity index (χ0n) is 14.4. The lowest BCUT2D eigenvalue weighted by atomic mass is 10.1. The molecule has 0 saturated carbocycles. The first kappa shape index (κ1) is 20.5. The molecule has 6 heteroatoms. The molecule has 1 heterocycles. The van der Waals surface area contributed by atoms with Gasteiger partial charge in [-0.3, -0.25) is 9.69 Å². The third-order valence-electron chi connectivity index (χ3n) is 3.75. The lowest BCUT2D eigenvalue weighted by Gasteiger charge is -2.25. The number of nitrogens with zero attached hydrogens (tertiary/aromatic N) is 1. The molecule has 1 aromatic carbocycles. The van der Waals surface area contributed by atoms with E-state index in [9.17, 15) is 9.59 Å². The van der Waals surface area contributed by atoms with Crippen LogP contribution in [0.15, 0.2) is 24.3 Å². The van der Waals surface area contributed by atoms with Crippen molar-refractivity contribution < 1.29 is 14.3 Å². The van der Waals surface area contributed by atoms with E-state index in [1.807, 2.05) is 13.8 Å². The summed E-state index contributed by atoms with van der Waals surface area (Å²) < 4.78 is 5.21. The van der Waals surface area contributed by atoms with E-state index in [1.54, 1.807) is 24.3 Å². The summed E-state index contributed by atoms with van der Waals surface area (Å²) in [6, 6.07) is 6.90. The molecule has 0 bridgehead atoms. The Bertz CT molecular complexity index is 543. The summed E-state index contributed by atoms with van der Waals surface area (Å²) in [6.45, 7) is 6.74. The Kier molecular flexibility index (Phi) is 8.79. The van der Waals surface area contributed by atoms with Crippen molar-refractivity contribution >= 4 is 30.0 Å². The van der Waals surface area contributed by atoms with Crippen molar-refractivity contribution in [1.82, 2.24) is 4.90 Å². The molecule has 0 unspecified atom stereocenters. The maximum atomic E-state index is 12.1. The smallest absolute Gasteiger partial charge is 0.338 e. The Labute approximate surface area is 150 Å². The minimum atomic E-state index is -0.356. The molecular weight excluding hydrogens is 328 g/mol. The number of carbonyl (C=O) groups is 2. The SMILES string of the molecule is CC(C)COC(=O)c1cccc(NC(=O)CN2CCCCC2)c1.Cl. The first-order valence-electron chi connectivity index (χ1n) is 8.34. The van der Waals surface area contributed by atoms with Crippen molar-refractivity contribution in [2.75, 3.05) is 31.6 Å². The Morgan fingerprint density at radius 2 is 1.92 bits per heavy atom. The fourth-order valence-corrected chi connectivity index (χ4v) is 2.57. The summed E-state index contributed by atoms with van der Waals surface area (Å²) in [5, 5.41) is 2.86. The number of halogens is 1. The number of amides is 1. The number of hydrogen-bond donors (Lipinski definition) is 1. The van der Waals surface area contributed by atoms with Crippen LogP contribution in [-0.2, 0) is 9.53 Å². The lowest BCUT2D eigenvalue weighted by molar-refractivity contribution is -0.117. The van der Waals surface area contributed by atoms with Gasteiger partial charge in [-0.05, 0) is 50.0 Å². The molecule has 0 aliphatic carbocycles. The minimum absolute atomic E-state index is 0. The van der Waals surface area contributed by atoms with Gasteiger partial charge < -0.3 is 10.1 Å². The van der Waals surface area contributed by atoms with Crippen molar-refractivity contribution in [2.45, 2.75) is 33.1 Å². The summed E-state index contributed by atoms with van der Waals surface area (Å²) in [4.78, 5) is 26.2. The van der Waals surface area contributed by atoms with Gasteiger partial charge >= 0.3 is 5.97 Å². The highest BCUT2D eigenvalue weighted by molar-refractivity contribution is 5.95. The zero-order valence-corrected chi connectivity index (χ0v) is 15.2. The van der Waals surface area contributed by atoms with E-state index in [0.717, 1.165) is 25.9 Å².